The first kappa shape index (κ1) is 12.7. The molecule has 0 aliphatic heterocycles. The van der Waals surface area contributed by atoms with E-state index in [4.69, 9.17) is 11.6 Å². The van der Waals surface area contributed by atoms with Crippen molar-refractivity contribution in [1.82, 2.24) is 10.6 Å². The minimum Gasteiger partial charge on any atom is -0.374 e. The summed E-state index contributed by atoms with van der Waals surface area (Å²) in [5.41, 5.74) is 2.61. The van der Waals surface area contributed by atoms with Crippen molar-refractivity contribution in [3.63, 3.8) is 0 Å². The third-order valence-corrected chi connectivity index (χ3v) is 2.50. The van der Waals surface area contributed by atoms with Crippen molar-refractivity contribution in [2.75, 3.05) is 13.7 Å². The third-order valence-electron chi connectivity index (χ3n) is 2.17. The van der Waals surface area contributed by atoms with Gasteiger partial charge in [-0.15, -0.1) is 0 Å². The molecule has 0 fully saturated rings. The minimum absolute atomic E-state index is 0.676. The van der Waals surface area contributed by atoms with E-state index in [1.165, 1.54) is 0 Å². The second kappa shape index (κ2) is 6.30. The Kier molecular flexibility index (Phi) is 5.02. The molecule has 0 heterocycles. The molecular weight excluding hydrogens is 222 g/mol. The molecule has 0 atom stereocenters. The van der Waals surface area contributed by atoms with Gasteiger partial charge in [0, 0.05) is 11.3 Å². The molecule has 0 radical (unpaired) electrons. The summed E-state index contributed by atoms with van der Waals surface area (Å²) in [4.78, 5) is 4.03. The lowest BCUT2D eigenvalue weighted by Crippen LogP contribution is -2.24. The van der Waals surface area contributed by atoms with Gasteiger partial charge in [-0.2, -0.15) is 0 Å². The van der Waals surface area contributed by atoms with Gasteiger partial charge >= 0.3 is 0 Å². The van der Waals surface area contributed by atoms with Crippen LogP contribution >= 0.6 is 11.6 Å². The van der Waals surface area contributed by atoms with Crippen molar-refractivity contribution < 1.29 is 0 Å². The molecule has 0 amide bonds. The van der Waals surface area contributed by atoms with Gasteiger partial charge in [-0.1, -0.05) is 29.8 Å². The van der Waals surface area contributed by atoms with Gasteiger partial charge in [-0.25, -0.2) is 0 Å². The Hall–Kier alpha value is -1.32. The first-order valence-corrected chi connectivity index (χ1v) is 5.39. The summed E-state index contributed by atoms with van der Waals surface area (Å²) in [5, 5.41) is 6.86. The van der Waals surface area contributed by atoms with E-state index >= 15 is 0 Å². The summed E-state index contributed by atoms with van der Waals surface area (Å²) in [7, 11) is 1.87. The normalized spacial score (nSPS) is 11.9. The highest BCUT2D eigenvalue weighted by atomic mass is 35.5. The van der Waals surface area contributed by atoms with Crippen LogP contribution in [0.2, 0.25) is 5.02 Å². The fourth-order valence-corrected chi connectivity index (χ4v) is 1.59. The van der Waals surface area contributed by atoms with Crippen molar-refractivity contribution in [3.8, 4) is 0 Å². The summed E-state index contributed by atoms with van der Waals surface area (Å²) >= 11 is 6.11. The molecule has 0 saturated carbocycles. The van der Waals surface area contributed by atoms with Gasteiger partial charge < -0.3 is 10.6 Å². The number of nitrogens with zero attached hydrogens (tertiary/aromatic N) is 1. The maximum atomic E-state index is 6.11. The topological polar surface area (TPSA) is 36.4 Å². The van der Waals surface area contributed by atoms with Gasteiger partial charge in [0.1, 0.15) is 0 Å². The Morgan fingerprint density at radius 3 is 2.69 bits per heavy atom. The van der Waals surface area contributed by atoms with Gasteiger partial charge in [-0.05, 0) is 26.8 Å². The standard InChI is InChI=1S/C12H16ClN3/c1-9(16-8-14-2)12(15-3)10-6-4-5-7-11(10)13/h4-7,14,16H,3,8H2,1-2H3/b12-9-. The average Bonchev–Trinajstić information content (AvgIpc) is 2.30. The molecule has 16 heavy (non-hydrogen) atoms. The zero-order valence-electron chi connectivity index (χ0n) is 9.55. The maximum absolute atomic E-state index is 6.11. The van der Waals surface area contributed by atoms with Crippen molar-refractivity contribution in [2.24, 2.45) is 4.99 Å². The lowest BCUT2D eigenvalue weighted by molar-refractivity contribution is 0.708. The highest BCUT2D eigenvalue weighted by Crippen LogP contribution is 2.25. The Bertz CT molecular complexity index is 399. The predicted octanol–water partition coefficient (Wildman–Crippen LogP) is 2.50. The lowest BCUT2D eigenvalue weighted by atomic mass is 10.1. The quantitative estimate of drug-likeness (QED) is 0.610. The number of halogens is 1. The molecular formula is C12H16ClN3. The van der Waals surface area contributed by atoms with Gasteiger partial charge in [0.05, 0.1) is 17.4 Å². The molecule has 0 bridgehead atoms. The van der Waals surface area contributed by atoms with Crippen LogP contribution in [0.4, 0.5) is 0 Å². The molecule has 0 unspecified atom stereocenters. The fourth-order valence-electron chi connectivity index (χ4n) is 1.36. The Labute approximate surface area is 101 Å². The van der Waals surface area contributed by atoms with E-state index in [1.54, 1.807) is 0 Å². The van der Waals surface area contributed by atoms with Crippen LogP contribution in [0.3, 0.4) is 0 Å². The monoisotopic (exact) mass is 237 g/mol. The molecule has 0 aliphatic rings. The van der Waals surface area contributed by atoms with Gasteiger partial charge in [0.25, 0.3) is 0 Å². The Morgan fingerprint density at radius 2 is 2.12 bits per heavy atom. The fraction of sp³-hybridized carbons (Fsp3) is 0.250. The van der Waals surface area contributed by atoms with Crippen molar-refractivity contribution >= 4 is 24.0 Å². The number of hydrogen-bond acceptors (Lipinski definition) is 3. The summed E-state index contributed by atoms with van der Waals surface area (Å²) in [5.74, 6) is 0. The van der Waals surface area contributed by atoms with Crippen molar-refractivity contribution in [1.29, 1.82) is 0 Å². The van der Waals surface area contributed by atoms with Crippen LogP contribution in [0, 0.1) is 0 Å². The summed E-state index contributed by atoms with van der Waals surface area (Å²) in [6.45, 7) is 6.21. The summed E-state index contributed by atoms with van der Waals surface area (Å²) < 4.78 is 0. The molecule has 0 aliphatic carbocycles. The molecule has 4 heteroatoms. The molecule has 1 aromatic rings. The molecule has 2 N–H and O–H groups in total. The summed E-state index contributed by atoms with van der Waals surface area (Å²) in [6.07, 6.45) is 0. The number of allylic oxidation sites excluding steroid dienone is 1. The maximum Gasteiger partial charge on any atom is 0.0896 e. The lowest BCUT2D eigenvalue weighted by Gasteiger charge is -2.11. The van der Waals surface area contributed by atoms with Gasteiger partial charge in [0.15, 0.2) is 0 Å². The van der Waals surface area contributed by atoms with E-state index in [1.807, 2.05) is 38.2 Å². The molecule has 3 nitrogen and oxygen atoms in total. The van der Waals surface area contributed by atoms with Crippen LogP contribution < -0.4 is 10.6 Å². The second-order valence-corrected chi connectivity index (χ2v) is 3.73. The molecule has 1 rings (SSSR count). The molecule has 0 aromatic heterocycles. The van der Waals surface area contributed by atoms with Crippen LogP contribution in [0.5, 0.6) is 0 Å². The molecule has 0 saturated heterocycles. The van der Waals surface area contributed by atoms with Crippen molar-refractivity contribution in [2.45, 2.75) is 6.92 Å². The number of benzene rings is 1. The molecule has 86 valence electrons. The van der Waals surface area contributed by atoms with Crippen LogP contribution in [-0.4, -0.2) is 20.4 Å². The van der Waals surface area contributed by atoms with Gasteiger partial charge in [-0.3, -0.25) is 4.99 Å². The number of nitrogens with one attached hydrogen (secondary N) is 2. The Balaban J connectivity index is 3.06. The van der Waals surface area contributed by atoms with Crippen LogP contribution in [0.25, 0.3) is 5.70 Å². The minimum atomic E-state index is 0.676. The van der Waals surface area contributed by atoms with E-state index in [9.17, 15) is 0 Å². The van der Waals surface area contributed by atoms with E-state index in [0.29, 0.717) is 11.7 Å². The molecule has 0 spiro atoms. The third kappa shape index (κ3) is 3.08. The number of hydrogen-bond donors (Lipinski definition) is 2. The predicted molar refractivity (Wildman–Crippen MR) is 70.7 cm³/mol. The van der Waals surface area contributed by atoms with E-state index in [2.05, 4.69) is 22.3 Å². The number of rotatable bonds is 5. The largest absolute Gasteiger partial charge is 0.374 e. The van der Waals surface area contributed by atoms with E-state index < -0.39 is 0 Å². The van der Waals surface area contributed by atoms with Crippen LogP contribution in [0.1, 0.15) is 12.5 Å². The van der Waals surface area contributed by atoms with Gasteiger partial charge in [0.2, 0.25) is 0 Å². The first-order chi connectivity index (χ1) is 7.70. The average molecular weight is 238 g/mol. The van der Waals surface area contributed by atoms with Crippen LogP contribution in [-0.2, 0) is 0 Å². The highest BCUT2D eigenvalue weighted by molar-refractivity contribution is 6.32. The number of aliphatic imine (C=N–C) groups is 1. The zero-order valence-corrected chi connectivity index (χ0v) is 10.3. The zero-order chi connectivity index (χ0) is 12.0. The van der Waals surface area contributed by atoms with E-state index in [-0.39, 0.29) is 0 Å². The molecule has 1 aromatic carbocycles. The van der Waals surface area contributed by atoms with Crippen LogP contribution in [0.15, 0.2) is 35.0 Å². The highest BCUT2D eigenvalue weighted by Gasteiger charge is 2.07. The Morgan fingerprint density at radius 1 is 1.44 bits per heavy atom. The summed E-state index contributed by atoms with van der Waals surface area (Å²) in [6, 6.07) is 7.59. The first-order valence-electron chi connectivity index (χ1n) is 5.01. The smallest absolute Gasteiger partial charge is 0.0896 e. The SMILES string of the molecule is C=N/C(=C(/C)NCNC)c1ccccc1Cl. The van der Waals surface area contributed by atoms with Crippen molar-refractivity contribution in [3.05, 3.63) is 40.5 Å². The van der Waals surface area contributed by atoms with E-state index in [0.717, 1.165) is 17.0 Å². The second-order valence-electron chi connectivity index (χ2n) is 3.32.